The summed E-state index contributed by atoms with van der Waals surface area (Å²) in [7, 11) is 0. The predicted molar refractivity (Wildman–Crippen MR) is 146 cm³/mol. The van der Waals surface area contributed by atoms with Gasteiger partial charge in [0.05, 0.1) is 11.3 Å². The van der Waals surface area contributed by atoms with Crippen LogP contribution in [-0.2, 0) is 4.79 Å². The number of carbonyl (C=O) groups excluding carboxylic acids is 1. The maximum Gasteiger partial charge on any atom is 0.490 e. The summed E-state index contributed by atoms with van der Waals surface area (Å²) in [6, 6.07) is 12.5. The van der Waals surface area contributed by atoms with E-state index in [-0.39, 0.29) is 11.5 Å². The summed E-state index contributed by atoms with van der Waals surface area (Å²) in [6.07, 6.45) is 2.38. The highest BCUT2D eigenvalue weighted by molar-refractivity contribution is 6.05. The molecule has 2 heterocycles. The van der Waals surface area contributed by atoms with Crippen molar-refractivity contribution in [2.45, 2.75) is 51.6 Å². The number of carboxylic acids is 2. The predicted octanol–water partition coefficient (Wildman–Crippen LogP) is 5.67. The van der Waals surface area contributed by atoms with Crippen LogP contribution in [0.5, 0.6) is 0 Å². The Morgan fingerprint density at radius 2 is 1.52 bits per heavy atom. The molecule has 0 aliphatic carbocycles. The average Bonchev–Trinajstić information content (AvgIpc) is 2.93. The van der Waals surface area contributed by atoms with Crippen molar-refractivity contribution in [2.75, 3.05) is 42.9 Å². The molecule has 2 aliphatic rings. The molecule has 0 spiro atoms. The number of nitrogens with one attached hydrogen (secondary N) is 1. The first kappa shape index (κ1) is 30.9. The fourth-order valence-corrected chi connectivity index (χ4v) is 4.98. The molecule has 0 bridgehead atoms. The Labute approximate surface area is 231 Å². The zero-order chi connectivity index (χ0) is 29.3. The second-order valence-corrected chi connectivity index (χ2v) is 10.3. The number of nitrogens with zero attached hydrogens (tertiary/aromatic N) is 2. The Hall–Kier alpha value is -3.60. The number of alkyl halides is 3. The van der Waals surface area contributed by atoms with Crippen molar-refractivity contribution in [1.82, 2.24) is 4.90 Å². The van der Waals surface area contributed by atoms with Gasteiger partial charge >= 0.3 is 18.1 Å². The van der Waals surface area contributed by atoms with E-state index in [1.54, 1.807) is 24.3 Å². The van der Waals surface area contributed by atoms with E-state index in [0.717, 1.165) is 37.2 Å². The topological polar surface area (TPSA) is 110 Å². The number of aryl methyl sites for hydroxylation is 1. The molecule has 40 heavy (non-hydrogen) atoms. The molecule has 2 aliphatic heterocycles. The Bertz CT molecular complexity index is 1160. The van der Waals surface area contributed by atoms with Gasteiger partial charge in [-0.3, -0.25) is 4.79 Å². The highest BCUT2D eigenvalue weighted by Gasteiger charge is 2.38. The van der Waals surface area contributed by atoms with Gasteiger partial charge in [-0.1, -0.05) is 24.1 Å². The lowest BCUT2D eigenvalue weighted by atomic mass is 9.92. The monoisotopic (exact) mass is 563 g/mol. The third kappa shape index (κ3) is 9.25. The molecular formula is C29H36F3N3O5. The van der Waals surface area contributed by atoms with E-state index in [2.05, 4.69) is 15.1 Å². The second-order valence-electron chi connectivity index (χ2n) is 10.3. The Kier molecular flexibility index (Phi) is 10.9. The van der Waals surface area contributed by atoms with Gasteiger partial charge in [0.15, 0.2) is 0 Å². The molecular weight excluding hydrogens is 527 g/mol. The SMILES string of the molecule is Cc1ccc(C(=O)Nc2ccc(N3CCC(CCN4CCCCC4)CC3)c(C(=O)O)c2)cc1.O=C(O)C(F)(F)F. The molecule has 11 heteroatoms. The largest absolute Gasteiger partial charge is 0.490 e. The highest BCUT2D eigenvalue weighted by atomic mass is 19.4. The van der Waals surface area contributed by atoms with Crippen molar-refractivity contribution in [2.24, 2.45) is 5.92 Å². The summed E-state index contributed by atoms with van der Waals surface area (Å²) >= 11 is 0. The van der Waals surface area contributed by atoms with Crippen molar-refractivity contribution >= 4 is 29.2 Å². The average molecular weight is 564 g/mol. The van der Waals surface area contributed by atoms with Crippen LogP contribution in [0, 0.1) is 12.8 Å². The van der Waals surface area contributed by atoms with E-state index in [1.165, 1.54) is 45.3 Å². The fourth-order valence-electron chi connectivity index (χ4n) is 4.98. The van der Waals surface area contributed by atoms with Crippen LogP contribution in [0.1, 0.15) is 64.8 Å². The van der Waals surface area contributed by atoms with E-state index in [1.807, 2.05) is 25.1 Å². The first-order chi connectivity index (χ1) is 18.9. The lowest BCUT2D eigenvalue weighted by Gasteiger charge is -2.35. The van der Waals surface area contributed by atoms with Crippen LogP contribution in [0.15, 0.2) is 42.5 Å². The van der Waals surface area contributed by atoms with Gasteiger partial charge in [0.1, 0.15) is 0 Å². The van der Waals surface area contributed by atoms with E-state index >= 15 is 0 Å². The van der Waals surface area contributed by atoms with Crippen molar-refractivity contribution in [1.29, 1.82) is 0 Å². The number of rotatable bonds is 7. The number of carboxylic acid groups (broad SMARTS) is 2. The van der Waals surface area contributed by atoms with Gasteiger partial charge in [0.2, 0.25) is 0 Å². The molecule has 0 unspecified atom stereocenters. The van der Waals surface area contributed by atoms with Gasteiger partial charge in [0.25, 0.3) is 5.91 Å². The maximum atomic E-state index is 12.5. The maximum absolute atomic E-state index is 12.5. The zero-order valence-corrected chi connectivity index (χ0v) is 22.5. The van der Waals surface area contributed by atoms with E-state index in [4.69, 9.17) is 9.90 Å². The molecule has 2 aromatic carbocycles. The van der Waals surface area contributed by atoms with Crippen LogP contribution in [0.25, 0.3) is 0 Å². The molecule has 2 aromatic rings. The van der Waals surface area contributed by atoms with E-state index < -0.39 is 18.1 Å². The quantitative estimate of drug-likeness (QED) is 0.398. The molecule has 0 saturated carbocycles. The summed E-state index contributed by atoms with van der Waals surface area (Å²) < 4.78 is 31.7. The van der Waals surface area contributed by atoms with Crippen molar-refractivity contribution in [3.05, 3.63) is 59.2 Å². The van der Waals surface area contributed by atoms with Gasteiger partial charge in [0, 0.05) is 24.3 Å². The molecule has 4 rings (SSSR count). The number of aliphatic carboxylic acids is 1. The zero-order valence-electron chi connectivity index (χ0n) is 22.5. The third-order valence-electron chi connectivity index (χ3n) is 7.30. The van der Waals surface area contributed by atoms with Crippen molar-refractivity contribution in [3.8, 4) is 0 Å². The number of hydrogen-bond acceptors (Lipinski definition) is 5. The van der Waals surface area contributed by atoms with Crippen molar-refractivity contribution in [3.63, 3.8) is 0 Å². The molecule has 218 valence electrons. The number of carbonyl (C=O) groups is 3. The van der Waals surface area contributed by atoms with Crippen molar-refractivity contribution < 1.29 is 37.8 Å². The summed E-state index contributed by atoms with van der Waals surface area (Å²) in [5.41, 5.74) is 3.11. The van der Waals surface area contributed by atoms with Crippen LogP contribution >= 0.6 is 0 Å². The first-order valence-electron chi connectivity index (χ1n) is 13.5. The first-order valence-corrected chi connectivity index (χ1v) is 13.5. The van der Waals surface area contributed by atoms with E-state index in [0.29, 0.717) is 17.2 Å². The molecule has 0 aromatic heterocycles. The molecule has 2 fully saturated rings. The molecule has 0 radical (unpaired) electrons. The highest BCUT2D eigenvalue weighted by Crippen LogP contribution is 2.30. The van der Waals surface area contributed by atoms with Gasteiger partial charge in [-0.25, -0.2) is 9.59 Å². The van der Waals surface area contributed by atoms with Gasteiger partial charge in [-0.15, -0.1) is 0 Å². The minimum atomic E-state index is -5.08. The minimum Gasteiger partial charge on any atom is -0.478 e. The lowest BCUT2D eigenvalue weighted by Crippen LogP contribution is -2.37. The molecule has 1 amide bonds. The number of likely N-dealkylation sites (tertiary alicyclic amines) is 1. The van der Waals surface area contributed by atoms with Gasteiger partial charge in [-0.05, 0) is 94.9 Å². The normalized spacial score (nSPS) is 16.6. The lowest BCUT2D eigenvalue weighted by molar-refractivity contribution is -0.192. The summed E-state index contributed by atoms with van der Waals surface area (Å²) in [5, 5.41) is 19.8. The van der Waals surface area contributed by atoms with Gasteiger partial charge < -0.3 is 25.3 Å². The molecule has 3 N–H and O–H groups in total. The smallest absolute Gasteiger partial charge is 0.478 e. The number of hydrogen-bond donors (Lipinski definition) is 3. The number of benzene rings is 2. The van der Waals surface area contributed by atoms with Crippen LogP contribution in [-0.4, -0.2) is 71.9 Å². The third-order valence-corrected chi connectivity index (χ3v) is 7.30. The summed E-state index contributed by atoms with van der Waals surface area (Å²) in [6.45, 7) is 7.40. The Balaban J connectivity index is 0.000000559. The second kappa shape index (κ2) is 14.2. The molecule has 2 saturated heterocycles. The van der Waals surface area contributed by atoms with E-state index in [9.17, 15) is 27.9 Å². The van der Waals surface area contributed by atoms with Crippen LogP contribution in [0.2, 0.25) is 0 Å². The number of piperidine rings is 2. The standard InChI is InChI=1S/C27H35N3O3.C2HF3O2/c1-20-5-7-22(8-6-20)26(31)28-23-9-10-25(24(19-23)27(32)33)30-17-12-21(13-18-30)11-16-29-14-3-2-4-15-29;3-2(4,5)1(6)7/h5-10,19,21H,2-4,11-18H2,1H3,(H,28,31)(H,32,33);(H,6,7). The van der Waals surface area contributed by atoms with Crippen LogP contribution in [0.3, 0.4) is 0 Å². The number of aromatic carboxylic acids is 1. The van der Waals surface area contributed by atoms with Crippen LogP contribution < -0.4 is 10.2 Å². The number of anilines is 2. The number of halogens is 3. The molecule has 8 nitrogen and oxygen atoms in total. The Morgan fingerprint density at radius 3 is 2.08 bits per heavy atom. The summed E-state index contributed by atoms with van der Waals surface area (Å²) in [5.74, 6) is -3.26. The van der Waals surface area contributed by atoms with Crippen LogP contribution in [0.4, 0.5) is 24.5 Å². The van der Waals surface area contributed by atoms with Gasteiger partial charge in [-0.2, -0.15) is 13.2 Å². The molecule has 0 atom stereocenters. The number of amides is 1. The fraction of sp³-hybridized carbons (Fsp3) is 0.483. The Morgan fingerprint density at radius 1 is 0.925 bits per heavy atom. The minimum absolute atomic E-state index is 0.239. The summed E-state index contributed by atoms with van der Waals surface area (Å²) in [4.78, 5) is 38.2.